The van der Waals surface area contributed by atoms with Crippen LogP contribution in [0.3, 0.4) is 0 Å². The molecule has 2 aromatic heterocycles. The number of benzene rings is 1. The van der Waals surface area contributed by atoms with Gasteiger partial charge in [0.05, 0.1) is 17.6 Å². The molecule has 9 nitrogen and oxygen atoms in total. The fourth-order valence-electron chi connectivity index (χ4n) is 1.97. The summed E-state index contributed by atoms with van der Waals surface area (Å²) >= 11 is 0. The summed E-state index contributed by atoms with van der Waals surface area (Å²) in [6.45, 7) is 3.62. The highest BCUT2D eigenvalue weighted by atomic mass is 16.6. The lowest BCUT2D eigenvalue weighted by molar-refractivity contribution is 0.306. The summed E-state index contributed by atoms with van der Waals surface area (Å²) in [6, 6.07) is 9.69. The summed E-state index contributed by atoms with van der Waals surface area (Å²) < 4.78 is 6.02. The molecule has 1 aromatic carbocycles. The van der Waals surface area contributed by atoms with E-state index in [4.69, 9.17) is 5.73 Å². The lowest BCUT2D eigenvalue weighted by atomic mass is 10.2. The summed E-state index contributed by atoms with van der Waals surface area (Å²) in [5.41, 5.74) is 8.55. The maximum absolute atomic E-state index is 5.66. The van der Waals surface area contributed by atoms with Crippen molar-refractivity contribution >= 4 is 17.7 Å². The van der Waals surface area contributed by atoms with E-state index in [1.807, 2.05) is 37.3 Å². The first-order valence-electron chi connectivity index (χ1n) is 6.80. The average molecular weight is 310 g/mol. The van der Waals surface area contributed by atoms with E-state index >= 15 is 0 Å². The van der Waals surface area contributed by atoms with Crippen molar-refractivity contribution in [2.24, 2.45) is 10.2 Å². The van der Waals surface area contributed by atoms with Crippen LogP contribution in [0.4, 0.5) is 5.82 Å². The van der Waals surface area contributed by atoms with Gasteiger partial charge in [0, 0.05) is 0 Å². The minimum Gasteiger partial charge on any atom is -0.378 e. The SMILES string of the molecule is CC(=NN=Cc1ccccc1)c1nnn(-c2nonc2N)c1C. The topological polar surface area (TPSA) is 120 Å². The molecule has 3 rings (SSSR count). The zero-order valence-corrected chi connectivity index (χ0v) is 12.6. The summed E-state index contributed by atoms with van der Waals surface area (Å²) in [5, 5.41) is 23.5. The van der Waals surface area contributed by atoms with Gasteiger partial charge in [0.25, 0.3) is 0 Å². The van der Waals surface area contributed by atoms with E-state index in [-0.39, 0.29) is 5.82 Å². The molecule has 0 aliphatic heterocycles. The van der Waals surface area contributed by atoms with Crippen LogP contribution < -0.4 is 5.73 Å². The highest BCUT2D eigenvalue weighted by Gasteiger charge is 2.17. The highest BCUT2D eigenvalue weighted by molar-refractivity contribution is 5.98. The van der Waals surface area contributed by atoms with Crippen molar-refractivity contribution in [1.82, 2.24) is 25.3 Å². The molecule has 9 heteroatoms. The van der Waals surface area contributed by atoms with Crippen molar-refractivity contribution in [3.05, 3.63) is 47.3 Å². The van der Waals surface area contributed by atoms with Gasteiger partial charge in [-0.15, -0.1) is 5.10 Å². The fraction of sp³-hybridized carbons (Fsp3) is 0.143. The van der Waals surface area contributed by atoms with Gasteiger partial charge in [-0.25, -0.2) is 4.63 Å². The van der Waals surface area contributed by atoms with E-state index in [0.29, 0.717) is 22.9 Å². The summed E-state index contributed by atoms with van der Waals surface area (Å²) in [7, 11) is 0. The lowest BCUT2D eigenvalue weighted by Gasteiger charge is -1.98. The van der Waals surface area contributed by atoms with Crippen molar-refractivity contribution < 1.29 is 4.63 Å². The quantitative estimate of drug-likeness (QED) is 0.574. The lowest BCUT2D eigenvalue weighted by Crippen LogP contribution is -2.04. The Morgan fingerprint density at radius 3 is 2.74 bits per heavy atom. The smallest absolute Gasteiger partial charge is 0.243 e. The monoisotopic (exact) mass is 310 g/mol. The van der Waals surface area contributed by atoms with Crippen LogP contribution >= 0.6 is 0 Å². The van der Waals surface area contributed by atoms with Gasteiger partial charge in [-0.05, 0) is 29.7 Å². The molecule has 0 amide bonds. The standard InChI is InChI=1S/C14H14N8O/c1-9(17-16-8-11-6-4-3-5-7-11)12-10(2)22(21-18-12)14-13(15)19-23-20-14/h3-8H,1-2H3,(H2,15,19). The van der Waals surface area contributed by atoms with E-state index in [2.05, 4.69) is 35.5 Å². The third-order valence-electron chi connectivity index (χ3n) is 3.15. The Morgan fingerprint density at radius 2 is 2.04 bits per heavy atom. The molecule has 23 heavy (non-hydrogen) atoms. The summed E-state index contributed by atoms with van der Waals surface area (Å²) in [6.07, 6.45) is 1.67. The van der Waals surface area contributed by atoms with Gasteiger partial charge in [0.1, 0.15) is 5.69 Å². The first kappa shape index (κ1) is 14.6. The molecule has 0 atom stereocenters. The van der Waals surface area contributed by atoms with Gasteiger partial charge < -0.3 is 5.73 Å². The van der Waals surface area contributed by atoms with Crippen LogP contribution in [0.15, 0.2) is 45.2 Å². The van der Waals surface area contributed by atoms with Gasteiger partial charge in [-0.1, -0.05) is 35.5 Å². The van der Waals surface area contributed by atoms with Crippen molar-refractivity contribution in [3.63, 3.8) is 0 Å². The predicted molar refractivity (Wildman–Crippen MR) is 84.6 cm³/mol. The molecule has 0 bridgehead atoms. The van der Waals surface area contributed by atoms with Crippen LogP contribution in [0.5, 0.6) is 0 Å². The van der Waals surface area contributed by atoms with Crippen molar-refractivity contribution in [3.8, 4) is 5.82 Å². The maximum Gasteiger partial charge on any atom is 0.243 e. The predicted octanol–water partition coefficient (Wildman–Crippen LogP) is 1.38. The molecule has 116 valence electrons. The Bertz CT molecular complexity index is 862. The maximum atomic E-state index is 5.66. The molecular formula is C14H14N8O. The number of hydrogen-bond acceptors (Lipinski definition) is 8. The van der Waals surface area contributed by atoms with Crippen molar-refractivity contribution in [1.29, 1.82) is 0 Å². The second kappa shape index (κ2) is 6.18. The van der Waals surface area contributed by atoms with Crippen LogP contribution in [0.2, 0.25) is 0 Å². The zero-order valence-electron chi connectivity index (χ0n) is 12.6. The number of rotatable bonds is 4. The summed E-state index contributed by atoms with van der Waals surface area (Å²) in [4.78, 5) is 0. The molecule has 2 N–H and O–H groups in total. The van der Waals surface area contributed by atoms with E-state index in [9.17, 15) is 0 Å². The van der Waals surface area contributed by atoms with E-state index < -0.39 is 0 Å². The minimum absolute atomic E-state index is 0.140. The molecule has 0 saturated carbocycles. The average Bonchev–Trinajstić information content (AvgIpc) is 3.14. The van der Waals surface area contributed by atoms with Crippen molar-refractivity contribution in [2.45, 2.75) is 13.8 Å². The Balaban J connectivity index is 1.85. The Hall–Kier alpha value is -3.36. The third-order valence-corrected chi connectivity index (χ3v) is 3.15. The van der Waals surface area contributed by atoms with Crippen molar-refractivity contribution in [2.75, 3.05) is 5.73 Å². The number of nitrogens with two attached hydrogens (primary N) is 1. The van der Waals surface area contributed by atoms with Gasteiger partial charge >= 0.3 is 0 Å². The van der Waals surface area contributed by atoms with Gasteiger partial charge in [0.2, 0.25) is 11.6 Å². The Labute approximate surface area is 131 Å². The fourth-order valence-corrected chi connectivity index (χ4v) is 1.97. The molecular weight excluding hydrogens is 296 g/mol. The number of anilines is 1. The second-order valence-electron chi connectivity index (χ2n) is 4.75. The molecule has 0 unspecified atom stereocenters. The molecule has 2 heterocycles. The van der Waals surface area contributed by atoms with Gasteiger partial charge in [-0.3, -0.25) is 0 Å². The van der Waals surface area contributed by atoms with Crippen LogP contribution in [-0.2, 0) is 0 Å². The van der Waals surface area contributed by atoms with Gasteiger partial charge in [0.15, 0.2) is 0 Å². The Kier molecular flexibility index (Phi) is 3.91. The molecule has 3 aromatic rings. The molecule has 0 aliphatic rings. The second-order valence-corrected chi connectivity index (χ2v) is 4.75. The van der Waals surface area contributed by atoms with Crippen LogP contribution in [0.25, 0.3) is 5.82 Å². The van der Waals surface area contributed by atoms with Crippen LogP contribution in [0, 0.1) is 6.92 Å². The third kappa shape index (κ3) is 2.98. The molecule has 0 fully saturated rings. The van der Waals surface area contributed by atoms with E-state index in [1.54, 1.807) is 13.1 Å². The molecule has 0 saturated heterocycles. The Morgan fingerprint density at radius 1 is 1.26 bits per heavy atom. The highest BCUT2D eigenvalue weighted by Crippen LogP contribution is 2.15. The normalized spacial score (nSPS) is 12.2. The number of nitrogen functional groups attached to an aromatic ring is 1. The number of hydrogen-bond donors (Lipinski definition) is 1. The van der Waals surface area contributed by atoms with E-state index in [0.717, 1.165) is 5.56 Å². The van der Waals surface area contributed by atoms with Crippen LogP contribution in [0.1, 0.15) is 23.9 Å². The largest absolute Gasteiger partial charge is 0.378 e. The summed E-state index contributed by atoms with van der Waals surface area (Å²) in [5.74, 6) is 0.433. The zero-order chi connectivity index (χ0) is 16.2. The van der Waals surface area contributed by atoms with Crippen LogP contribution in [-0.4, -0.2) is 37.2 Å². The molecule has 0 aliphatic carbocycles. The molecule has 0 radical (unpaired) electrons. The van der Waals surface area contributed by atoms with E-state index in [1.165, 1.54) is 4.68 Å². The number of aromatic nitrogens is 5. The number of nitrogens with zero attached hydrogens (tertiary/aromatic N) is 7. The first-order chi connectivity index (χ1) is 11.2. The van der Waals surface area contributed by atoms with Gasteiger partial charge in [-0.2, -0.15) is 14.9 Å². The minimum atomic E-state index is 0.140. The first-order valence-corrected chi connectivity index (χ1v) is 6.80. The molecule has 0 spiro atoms.